The molecule has 1 fully saturated rings. The Balaban J connectivity index is 1.85. The van der Waals surface area contributed by atoms with Crippen molar-refractivity contribution in [1.29, 1.82) is 0 Å². The molecule has 1 amide bonds. The lowest BCUT2D eigenvalue weighted by molar-refractivity contribution is -0.127. The van der Waals surface area contributed by atoms with E-state index < -0.39 is 5.41 Å². The zero-order valence-corrected chi connectivity index (χ0v) is 13.4. The van der Waals surface area contributed by atoms with Crippen LogP contribution in [-0.2, 0) is 10.2 Å². The van der Waals surface area contributed by atoms with Gasteiger partial charge in [-0.05, 0) is 43.0 Å². The Morgan fingerprint density at radius 2 is 1.78 bits per heavy atom. The third kappa shape index (κ3) is 3.14. The second-order valence-corrected chi connectivity index (χ2v) is 6.41. The predicted octanol–water partition coefficient (Wildman–Crippen LogP) is 4.51. The van der Waals surface area contributed by atoms with Gasteiger partial charge >= 0.3 is 0 Å². The molecule has 0 spiro atoms. The summed E-state index contributed by atoms with van der Waals surface area (Å²) in [5.74, 6) is -0.269. The molecule has 3 heteroatoms. The SMILES string of the molecule is CC(NC(=O)C1(c2cccc(F)c2)CCCC1)c1ccccc1. The molecule has 1 unspecified atom stereocenters. The Kier molecular flexibility index (Phi) is 4.46. The van der Waals surface area contributed by atoms with E-state index in [4.69, 9.17) is 0 Å². The molecular weight excluding hydrogens is 289 g/mol. The summed E-state index contributed by atoms with van der Waals surface area (Å²) in [5, 5.41) is 3.14. The Morgan fingerprint density at radius 1 is 1.09 bits per heavy atom. The van der Waals surface area contributed by atoms with Crippen LogP contribution in [0.3, 0.4) is 0 Å². The summed E-state index contributed by atoms with van der Waals surface area (Å²) in [6.45, 7) is 1.99. The summed E-state index contributed by atoms with van der Waals surface area (Å²) in [6.07, 6.45) is 3.57. The van der Waals surface area contributed by atoms with E-state index in [1.54, 1.807) is 6.07 Å². The predicted molar refractivity (Wildman–Crippen MR) is 89.5 cm³/mol. The van der Waals surface area contributed by atoms with Crippen molar-refractivity contribution in [2.24, 2.45) is 0 Å². The molecule has 1 saturated carbocycles. The number of hydrogen-bond acceptors (Lipinski definition) is 1. The van der Waals surface area contributed by atoms with E-state index in [1.807, 2.05) is 43.3 Å². The van der Waals surface area contributed by atoms with E-state index in [1.165, 1.54) is 12.1 Å². The second-order valence-electron chi connectivity index (χ2n) is 6.41. The van der Waals surface area contributed by atoms with Gasteiger partial charge in [0.15, 0.2) is 0 Å². The van der Waals surface area contributed by atoms with E-state index in [9.17, 15) is 9.18 Å². The van der Waals surface area contributed by atoms with Crippen LogP contribution >= 0.6 is 0 Å². The first-order valence-corrected chi connectivity index (χ1v) is 8.24. The van der Waals surface area contributed by atoms with Crippen molar-refractivity contribution in [3.63, 3.8) is 0 Å². The molecule has 0 radical (unpaired) electrons. The van der Waals surface area contributed by atoms with Crippen LogP contribution < -0.4 is 5.32 Å². The number of amides is 1. The van der Waals surface area contributed by atoms with Gasteiger partial charge in [-0.25, -0.2) is 4.39 Å². The van der Waals surface area contributed by atoms with Crippen molar-refractivity contribution in [2.45, 2.75) is 44.1 Å². The number of hydrogen-bond donors (Lipinski definition) is 1. The highest BCUT2D eigenvalue weighted by Crippen LogP contribution is 2.42. The van der Waals surface area contributed by atoms with Gasteiger partial charge in [-0.3, -0.25) is 4.79 Å². The van der Waals surface area contributed by atoms with Gasteiger partial charge in [-0.2, -0.15) is 0 Å². The normalized spacial score (nSPS) is 17.7. The van der Waals surface area contributed by atoms with Crippen LogP contribution in [0.25, 0.3) is 0 Å². The summed E-state index contributed by atoms with van der Waals surface area (Å²) in [7, 11) is 0. The van der Waals surface area contributed by atoms with Crippen LogP contribution in [0, 0.1) is 5.82 Å². The van der Waals surface area contributed by atoms with Crippen molar-refractivity contribution in [1.82, 2.24) is 5.32 Å². The van der Waals surface area contributed by atoms with E-state index in [0.29, 0.717) is 0 Å². The highest BCUT2D eigenvalue weighted by atomic mass is 19.1. The zero-order chi connectivity index (χ0) is 16.3. The molecule has 2 aromatic carbocycles. The Hall–Kier alpha value is -2.16. The van der Waals surface area contributed by atoms with Gasteiger partial charge in [0.05, 0.1) is 11.5 Å². The molecule has 0 aromatic heterocycles. The van der Waals surface area contributed by atoms with Crippen LogP contribution in [-0.4, -0.2) is 5.91 Å². The van der Waals surface area contributed by atoms with Gasteiger partial charge < -0.3 is 5.32 Å². The molecule has 0 bridgehead atoms. The lowest BCUT2D eigenvalue weighted by Gasteiger charge is -2.30. The van der Waals surface area contributed by atoms with E-state index in [0.717, 1.165) is 36.8 Å². The average molecular weight is 311 g/mol. The quantitative estimate of drug-likeness (QED) is 0.884. The third-order valence-electron chi connectivity index (χ3n) is 4.92. The fraction of sp³-hybridized carbons (Fsp3) is 0.350. The van der Waals surface area contributed by atoms with Crippen molar-refractivity contribution < 1.29 is 9.18 Å². The molecule has 1 aliphatic rings. The minimum absolute atomic E-state index is 0.0111. The molecule has 0 heterocycles. The lowest BCUT2D eigenvalue weighted by atomic mass is 9.77. The molecule has 0 aliphatic heterocycles. The summed E-state index contributed by atoms with van der Waals surface area (Å²) in [6, 6.07) is 16.4. The molecule has 2 aromatic rings. The number of nitrogens with one attached hydrogen (secondary N) is 1. The van der Waals surface area contributed by atoms with Crippen LogP contribution in [0.1, 0.15) is 49.8 Å². The van der Waals surface area contributed by atoms with E-state index >= 15 is 0 Å². The molecular formula is C20H22FNO. The first-order chi connectivity index (χ1) is 11.1. The van der Waals surface area contributed by atoms with Crippen molar-refractivity contribution in [3.8, 4) is 0 Å². The maximum Gasteiger partial charge on any atom is 0.231 e. The molecule has 2 nitrogen and oxygen atoms in total. The van der Waals surface area contributed by atoms with Crippen molar-refractivity contribution in [2.75, 3.05) is 0 Å². The van der Waals surface area contributed by atoms with Crippen LogP contribution in [0.15, 0.2) is 54.6 Å². The Bertz CT molecular complexity index is 677. The van der Waals surface area contributed by atoms with Crippen LogP contribution in [0.5, 0.6) is 0 Å². The zero-order valence-electron chi connectivity index (χ0n) is 13.4. The monoisotopic (exact) mass is 311 g/mol. The number of benzene rings is 2. The second kappa shape index (κ2) is 6.53. The Labute approximate surface area is 136 Å². The highest BCUT2D eigenvalue weighted by Gasteiger charge is 2.43. The lowest BCUT2D eigenvalue weighted by Crippen LogP contribution is -2.43. The van der Waals surface area contributed by atoms with Gasteiger partial charge in [-0.1, -0.05) is 55.3 Å². The summed E-state index contributed by atoms with van der Waals surface area (Å²) in [5.41, 5.74) is 1.28. The average Bonchev–Trinajstić information content (AvgIpc) is 3.06. The fourth-order valence-electron chi connectivity index (χ4n) is 3.57. The minimum atomic E-state index is -0.592. The van der Waals surface area contributed by atoms with E-state index in [2.05, 4.69) is 5.32 Å². The first kappa shape index (κ1) is 15.7. The fourth-order valence-corrected chi connectivity index (χ4v) is 3.57. The van der Waals surface area contributed by atoms with Crippen LogP contribution in [0.4, 0.5) is 4.39 Å². The maximum atomic E-state index is 13.6. The molecule has 1 aliphatic carbocycles. The largest absolute Gasteiger partial charge is 0.349 e. The van der Waals surface area contributed by atoms with Gasteiger partial charge in [0.1, 0.15) is 5.82 Å². The number of carbonyl (C=O) groups excluding carboxylic acids is 1. The number of halogens is 1. The molecule has 3 rings (SSSR count). The molecule has 0 saturated heterocycles. The minimum Gasteiger partial charge on any atom is -0.349 e. The highest BCUT2D eigenvalue weighted by molar-refractivity contribution is 5.89. The first-order valence-electron chi connectivity index (χ1n) is 8.24. The maximum absolute atomic E-state index is 13.6. The van der Waals surface area contributed by atoms with Gasteiger partial charge in [0, 0.05) is 0 Å². The molecule has 23 heavy (non-hydrogen) atoms. The van der Waals surface area contributed by atoms with Crippen molar-refractivity contribution >= 4 is 5.91 Å². The number of rotatable bonds is 4. The topological polar surface area (TPSA) is 29.1 Å². The van der Waals surface area contributed by atoms with E-state index in [-0.39, 0.29) is 17.8 Å². The summed E-state index contributed by atoms with van der Waals surface area (Å²) < 4.78 is 13.6. The number of carbonyl (C=O) groups is 1. The standard InChI is InChI=1S/C20H22FNO/c1-15(16-8-3-2-4-9-16)22-19(23)20(12-5-6-13-20)17-10-7-11-18(21)14-17/h2-4,7-11,14-15H,5-6,12-13H2,1H3,(H,22,23). The van der Waals surface area contributed by atoms with Crippen LogP contribution in [0.2, 0.25) is 0 Å². The molecule has 1 atom stereocenters. The summed E-state index contributed by atoms with van der Waals surface area (Å²) >= 11 is 0. The molecule has 120 valence electrons. The van der Waals surface area contributed by atoms with Crippen molar-refractivity contribution in [3.05, 3.63) is 71.5 Å². The smallest absolute Gasteiger partial charge is 0.231 e. The Morgan fingerprint density at radius 3 is 2.43 bits per heavy atom. The summed E-state index contributed by atoms with van der Waals surface area (Å²) in [4.78, 5) is 13.0. The van der Waals surface area contributed by atoms with Gasteiger partial charge in [0.25, 0.3) is 0 Å². The third-order valence-corrected chi connectivity index (χ3v) is 4.92. The van der Waals surface area contributed by atoms with Gasteiger partial charge in [0.2, 0.25) is 5.91 Å². The van der Waals surface area contributed by atoms with Gasteiger partial charge in [-0.15, -0.1) is 0 Å². The molecule has 1 N–H and O–H groups in total.